The van der Waals surface area contributed by atoms with Crippen LogP contribution in [0, 0.1) is 0 Å². The number of hydrogen-bond donors (Lipinski definition) is 3. The van der Waals surface area contributed by atoms with Crippen molar-refractivity contribution < 1.29 is 0 Å². The predicted molar refractivity (Wildman–Crippen MR) is 105 cm³/mol. The molecule has 0 aliphatic carbocycles. The van der Waals surface area contributed by atoms with Crippen molar-refractivity contribution in [2.24, 2.45) is 0 Å². The summed E-state index contributed by atoms with van der Waals surface area (Å²) in [6.07, 6.45) is 7.67. The molecule has 1 saturated heterocycles. The number of hydrogen-bond acceptors (Lipinski definition) is 6. The van der Waals surface area contributed by atoms with Crippen LogP contribution < -0.4 is 16.0 Å². The van der Waals surface area contributed by atoms with E-state index in [4.69, 9.17) is 11.6 Å². The molecule has 26 heavy (non-hydrogen) atoms. The maximum atomic E-state index is 6.37. The second-order valence-corrected chi connectivity index (χ2v) is 7.06. The molecule has 1 atom stereocenters. The number of rotatable bonds is 4. The third-order valence-corrected chi connectivity index (χ3v) is 5.10. The standard InChI is InChI=1S/C19H23ClN6/c1-13-10-22-6-7-26(13)18-2-3-21-12-17(18)25-11-14-8-15(20)19-16(9-14)23-4-5-24-19/h2,4-5,8-9,12-13,21-22,25H,3,6-7,10-11H2,1H3. The van der Waals surface area contributed by atoms with Crippen LogP contribution in [0.25, 0.3) is 11.0 Å². The smallest absolute Gasteiger partial charge is 0.107 e. The SMILES string of the molecule is CC1CNCCN1C1=CCNC=C1NCc1cc(Cl)c2nccnc2c1. The minimum Gasteiger partial charge on any atom is -0.386 e. The average Bonchev–Trinajstić information content (AvgIpc) is 2.67. The van der Waals surface area contributed by atoms with E-state index in [0.717, 1.165) is 48.5 Å². The van der Waals surface area contributed by atoms with Gasteiger partial charge in [-0.1, -0.05) is 11.6 Å². The van der Waals surface area contributed by atoms with E-state index < -0.39 is 0 Å². The van der Waals surface area contributed by atoms with Crippen molar-refractivity contribution in [2.75, 3.05) is 26.2 Å². The molecule has 6 nitrogen and oxygen atoms in total. The Morgan fingerprint density at radius 2 is 2.19 bits per heavy atom. The van der Waals surface area contributed by atoms with E-state index in [1.165, 1.54) is 5.70 Å². The fourth-order valence-electron chi connectivity index (χ4n) is 3.50. The molecule has 2 aromatic rings. The molecule has 0 saturated carbocycles. The molecule has 3 heterocycles. The largest absolute Gasteiger partial charge is 0.386 e. The second-order valence-electron chi connectivity index (χ2n) is 6.66. The van der Waals surface area contributed by atoms with Crippen molar-refractivity contribution in [2.45, 2.75) is 19.5 Å². The van der Waals surface area contributed by atoms with Gasteiger partial charge in [-0.15, -0.1) is 0 Å². The van der Waals surface area contributed by atoms with Crippen LogP contribution in [0.2, 0.25) is 5.02 Å². The zero-order valence-electron chi connectivity index (χ0n) is 14.8. The van der Waals surface area contributed by atoms with Crippen LogP contribution >= 0.6 is 11.6 Å². The Bertz CT molecular complexity index is 862. The number of aromatic nitrogens is 2. The fourth-order valence-corrected chi connectivity index (χ4v) is 3.78. The number of piperazine rings is 1. The van der Waals surface area contributed by atoms with Gasteiger partial charge in [-0.3, -0.25) is 9.97 Å². The van der Waals surface area contributed by atoms with E-state index in [-0.39, 0.29) is 0 Å². The van der Waals surface area contributed by atoms with Gasteiger partial charge in [0.2, 0.25) is 0 Å². The zero-order valence-corrected chi connectivity index (χ0v) is 15.6. The van der Waals surface area contributed by atoms with Crippen LogP contribution in [-0.4, -0.2) is 47.1 Å². The molecular formula is C19H23ClN6. The normalized spacial score (nSPS) is 20.4. The van der Waals surface area contributed by atoms with Gasteiger partial charge in [-0.2, -0.15) is 0 Å². The third kappa shape index (κ3) is 3.48. The molecule has 1 fully saturated rings. The lowest BCUT2D eigenvalue weighted by atomic mass is 10.1. The summed E-state index contributed by atoms with van der Waals surface area (Å²) in [7, 11) is 0. The molecule has 7 heteroatoms. The van der Waals surface area contributed by atoms with Gasteiger partial charge < -0.3 is 20.9 Å². The number of halogens is 1. The van der Waals surface area contributed by atoms with E-state index in [9.17, 15) is 0 Å². The van der Waals surface area contributed by atoms with Crippen LogP contribution in [0.5, 0.6) is 0 Å². The van der Waals surface area contributed by atoms with Crippen LogP contribution in [0.3, 0.4) is 0 Å². The topological polar surface area (TPSA) is 65.1 Å². The Morgan fingerprint density at radius 1 is 1.31 bits per heavy atom. The highest BCUT2D eigenvalue weighted by Crippen LogP contribution is 2.23. The molecule has 3 N–H and O–H groups in total. The van der Waals surface area contributed by atoms with Gasteiger partial charge >= 0.3 is 0 Å². The van der Waals surface area contributed by atoms with Gasteiger partial charge in [0.1, 0.15) is 5.52 Å². The summed E-state index contributed by atoms with van der Waals surface area (Å²) < 4.78 is 0. The van der Waals surface area contributed by atoms with Gasteiger partial charge in [0.25, 0.3) is 0 Å². The Balaban J connectivity index is 1.51. The molecule has 0 spiro atoms. The van der Waals surface area contributed by atoms with Gasteiger partial charge in [0.15, 0.2) is 0 Å². The highest BCUT2D eigenvalue weighted by molar-refractivity contribution is 6.34. The number of nitrogens with zero attached hydrogens (tertiary/aromatic N) is 3. The molecule has 1 aromatic carbocycles. The lowest BCUT2D eigenvalue weighted by Crippen LogP contribution is -2.50. The highest BCUT2D eigenvalue weighted by Gasteiger charge is 2.23. The van der Waals surface area contributed by atoms with Crippen LogP contribution in [0.4, 0.5) is 0 Å². The third-order valence-electron chi connectivity index (χ3n) is 4.82. The predicted octanol–water partition coefficient (Wildman–Crippen LogP) is 1.99. The highest BCUT2D eigenvalue weighted by atomic mass is 35.5. The lowest BCUT2D eigenvalue weighted by Gasteiger charge is -2.39. The second kappa shape index (κ2) is 7.51. The fraction of sp³-hybridized carbons (Fsp3) is 0.368. The van der Waals surface area contributed by atoms with Crippen molar-refractivity contribution in [3.05, 3.63) is 58.8 Å². The summed E-state index contributed by atoms with van der Waals surface area (Å²) in [5, 5.41) is 10.9. The summed E-state index contributed by atoms with van der Waals surface area (Å²) >= 11 is 6.37. The quantitative estimate of drug-likeness (QED) is 0.765. The molecule has 0 amide bonds. The Hall–Kier alpha value is -2.31. The molecule has 1 aromatic heterocycles. The monoisotopic (exact) mass is 370 g/mol. The molecule has 1 unspecified atom stereocenters. The van der Waals surface area contributed by atoms with E-state index >= 15 is 0 Å². The first kappa shape index (κ1) is 17.1. The maximum absolute atomic E-state index is 6.37. The lowest BCUT2D eigenvalue weighted by molar-refractivity contribution is 0.223. The van der Waals surface area contributed by atoms with Crippen molar-refractivity contribution in [1.82, 2.24) is 30.8 Å². The van der Waals surface area contributed by atoms with Gasteiger partial charge in [0.05, 0.1) is 21.9 Å². The molecule has 0 bridgehead atoms. The van der Waals surface area contributed by atoms with E-state index in [1.54, 1.807) is 12.4 Å². The van der Waals surface area contributed by atoms with Crippen LogP contribution in [0.1, 0.15) is 12.5 Å². The Labute approximate surface area is 158 Å². The van der Waals surface area contributed by atoms with Crippen molar-refractivity contribution in [3.63, 3.8) is 0 Å². The van der Waals surface area contributed by atoms with Crippen LogP contribution in [0.15, 0.2) is 48.2 Å². The van der Waals surface area contributed by atoms with Crippen molar-refractivity contribution >= 4 is 22.6 Å². The van der Waals surface area contributed by atoms with Gasteiger partial charge in [0, 0.05) is 57.4 Å². The first-order valence-electron chi connectivity index (χ1n) is 8.97. The summed E-state index contributed by atoms with van der Waals surface area (Å²) in [6, 6.07) is 4.47. The molecule has 136 valence electrons. The minimum absolute atomic E-state index is 0.476. The van der Waals surface area contributed by atoms with Crippen LogP contribution in [-0.2, 0) is 6.54 Å². The Kier molecular flexibility index (Phi) is 4.95. The molecule has 2 aliphatic rings. The zero-order chi connectivity index (χ0) is 17.9. The number of nitrogens with one attached hydrogen (secondary N) is 3. The number of fused-ring (bicyclic) bond motifs is 1. The molecule has 2 aliphatic heterocycles. The van der Waals surface area contributed by atoms with Gasteiger partial charge in [-0.05, 0) is 30.7 Å². The van der Waals surface area contributed by atoms with E-state index in [1.807, 2.05) is 12.1 Å². The number of dihydropyridines is 1. The minimum atomic E-state index is 0.476. The van der Waals surface area contributed by atoms with E-state index in [2.05, 4.69) is 50.0 Å². The molecule has 4 rings (SSSR count). The summed E-state index contributed by atoms with van der Waals surface area (Å²) in [6.45, 7) is 6.84. The Morgan fingerprint density at radius 3 is 3.08 bits per heavy atom. The average molecular weight is 371 g/mol. The number of benzene rings is 1. The molecular weight excluding hydrogens is 348 g/mol. The summed E-state index contributed by atoms with van der Waals surface area (Å²) in [4.78, 5) is 11.1. The maximum Gasteiger partial charge on any atom is 0.107 e. The van der Waals surface area contributed by atoms with Crippen molar-refractivity contribution in [3.8, 4) is 0 Å². The first-order chi connectivity index (χ1) is 12.7. The van der Waals surface area contributed by atoms with E-state index in [0.29, 0.717) is 17.6 Å². The summed E-state index contributed by atoms with van der Waals surface area (Å²) in [5.41, 5.74) is 5.03. The van der Waals surface area contributed by atoms with Crippen molar-refractivity contribution in [1.29, 1.82) is 0 Å². The first-order valence-corrected chi connectivity index (χ1v) is 9.34. The molecule has 0 radical (unpaired) electrons. The summed E-state index contributed by atoms with van der Waals surface area (Å²) in [5.74, 6) is 0. The van der Waals surface area contributed by atoms with Gasteiger partial charge in [-0.25, -0.2) is 0 Å².